The van der Waals surface area contributed by atoms with Gasteiger partial charge >= 0.3 is 0 Å². The number of nitrogens with zero attached hydrogens (tertiary/aromatic N) is 1. The highest BCUT2D eigenvalue weighted by molar-refractivity contribution is 9.10. The minimum Gasteiger partial charge on any atom is -0.493 e. The number of hydrazone groups is 1. The third-order valence-corrected chi connectivity index (χ3v) is 5.48. The zero-order valence-corrected chi connectivity index (χ0v) is 21.6. The molecule has 0 saturated heterocycles. The molecule has 0 fully saturated rings. The van der Waals surface area contributed by atoms with E-state index in [2.05, 4.69) is 31.8 Å². The number of halogens is 1. The molecule has 0 aromatic heterocycles. The van der Waals surface area contributed by atoms with Crippen LogP contribution in [0, 0.1) is 0 Å². The lowest BCUT2D eigenvalue weighted by Gasteiger charge is -2.11. The third kappa shape index (κ3) is 7.47. The summed E-state index contributed by atoms with van der Waals surface area (Å²) < 4.78 is 22.6. The highest BCUT2D eigenvalue weighted by atomic mass is 79.9. The van der Waals surface area contributed by atoms with Crippen LogP contribution >= 0.6 is 15.9 Å². The molecule has 3 rings (SSSR count). The molecule has 36 heavy (non-hydrogen) atoms. The maximum atomic E-state index is 12.3. The van der Waals surface area contributed by atoms with Crippen LogP contribution in [0.5, 0.6) is 23.0 Å². The summed E-state index contributed by atoms with van der Waals surface area (Å²) >= 11 is 3.41. The molecule has 0 heterocycles. The van der Waals surface area contributed by atoms with Gasteiger partial charge in [-0.15, -0.1) is 0 Å². The van der Waals surface area contributed by atoms with Crippen molar-refractivity contribution in [2.45, 2.75) is 6.61 Å². The van der Waals surface area contributed by atoms with Gasteiger partial charge in [0, 0.05) is 10.0 Å². The van der Waals surface area contributed by atoms with Gasteiger partial charge in [-0.1, -0.05) is 28.1 Å². The van der Waals surface area contributed by atoms with Crippen LogP contribution in [-0.2, 0) is 11.4 Å². The largest absolute Gasteiger partial charge is 0.493 e. The molecule has 0 aliphatic rings. The second-order valence-corrected chi connectivity index (χ2v) is 8.29. The smallest absolute Gasteiger partial charge is 0.259 e. The number of carbonyl (C=O) groups is 2. The van der Waals surface area contributed by atoms with Crippen molar-refractivity contribution < 1.29 is 28.5 Å². The lowest BCUT2D eigenvalue weighted by Crippen LogP contribution is -2.34. The molecule has 2 amide bonds. The van der Waals surface area contributed by atoms with Crippen molar-refractivity contribution in [3.63, 3.8) is 0 Å². The van der Waals surface area contributed by atoms with Crippen LogP contribution in [0.3, 0.4) is 0 Å². The van der Waals surface area contributed by atoms with Gasteiger partial charge in [-0.05, 0) is 59.7 Å². The van der Waals surface area contributed by atoms with Gasteiger partial charge < -0.3 is 24.3 Å². The fraction of sp³-hybridized carbons (Fsp3) is 0.192. The van der Waals surface area contributed by atoms with Crippen molar-refractivity contribution in [3.8, 4) is 23.0 Å². The molecular weight excluding hydrogens is 530 g/mol. The van der Waals surface area contributed by atoms with Crippen molar-refractivity contribution in [1.82, 2.24) is 10.7 Å². The lowest BCUT2D eigenvalue weighted by atomic mass is 10.2. The first-order valence-corrected chi connectivity index (χ1v) is 11.6. The van der Waals surface area contributed by atoms with E-state index in [0.29, 0.717) is 40.7 Å². The summed E-state index contributed by atoms with van der Waals surface area (Å²) in [4.78, 5) is 24.4. The van der Waals surface area contributed by atoms with E-state index >= 15 is 0 Å². The molecule has 0 atom stereocenters. The Balaban J connectivity index is 1.50. The molecule has 0 bridgehead atoms. The first kappa shape index (κ1) is 26.6. The quantitative estimate of drug-likeness (QED) is 0.274. The van der Waals surface area contributed by atoms with Gasteiger partial charge in [0.2, 0.25) is 0 Å². The summed E-state index contributed by atoms with van der Waals surface area (Å²) in [5.41, 5.74) is 4.42. The Bertz CT molecular complexity index is 1230. The number of rotatable bonds is 11. The summed E-state index contributed by atoms with van der Waals surface area (Å²) in [7, 11) is 4.53. The Kier molecular flexibility index (Phi) is 9.70. The van der Waals surface area contributed by atoms with Crippen molar-refractivity contribution in [3.05, 3.63) is 81.8 Å². The number of nitrogens with one attached hydrogen (secondary N) is 2. The Morgan fingerprint density at radius 3 is 2.22 bits per heavy atom. The Morgan fingerprint density at radius 1 is 0.861 bits per heavy atom. The number of ether oxygens (including phenoxy) is 4. The van der Waals surface area contributed by atoms with Gasteiger partial charge in [0.1, 0.15) is 6.61 Å². The van der Waals surface area contributed by atoms with E-state index in [0.717, 1.165) is 10.0 Å². The predicted molar refractivity (Wildman–Crippen MR) is 139 cm³/mol. The molecule has 10 heteroatoms. The van der Waals surface area contributed by atoms with Gasteiger partial charge in [-0.2, -0.15) is 5.10 Å². The molecular formula is C26H26BrN3O6. The molecule has 0 spiro atoms. The van der Waals surface area contributed by atoms with Crippen molar-refractivity contribution in [2.75, 3.05) is 27.9 Å². The van der Waals surface area contributed by atoms with Crippen LogP contribution in [0.4, 0.5) is 0 Å². The van der Waals surface area contributed by atoms with Gasteiger partial charge in [0.05, 0.1) is 34.1 Å². The Hall–Kier alpha value is -4.05. The van der Waals surface area contributed by atoms with Gasteiger partial charge in [-0.3, -0.25) is 9.59 Å². The number of benzene rings is 3. The van der Waals surface area contributed by atoms with Crippen LogP contribution < -0.4 is 29.7 Å². The summed E-state index contributed by atoms with van der Waals surface area (Å²) in [5.74, 6) is 1.12. The van der Waals surface area contributed by atoms with Crippen LogP contribution in [-0.4, -0.2) is 45.9 Å². The summed E-state index contributed by atoms with van der Waals surface area (Å²) in [6.07, 6.45) is 1.47. The van der Waals surface area contributed by atoms with Gasteiger partial charge in [-0.25, -0.2) is 5.43 Å². The molecule has 3 aromatic carbocycles. The van der Waals surface area contributed by atoms with E-state index in [1.165, 1.54) is 26.5 Å². The molecule has 188 valence electrons. The van der Waals surface area contributed by atoms with E-state index in [-0.39, 0.29) is 6.54 Å². The van der Waals surface area contributed by atoms with Crippen molar-refractivity contribution in [1.29, 1.82) is 0 Å². The standard InChI is InChI=1S/C26H26BrN3O6/c1-33-21-11-7-19(13-24(21)35-3)26(32)28-15-25(31)30-29-14-18-6-10-22(23(12-18)34-2)36-16-17-4-8-20(27)9-5-17/h4-14H,15-16H2,1-3H3,(H,28,32)(H,30,31). The fourth-order valence-electron chi connectivity index (χ4n) is 3.08. The number of carbonyl (C=O) groups excluding carboxylic acids is 2. The average Bonchev–Trinajstić information content (AvgIpc) is 2.91. The van der Waals surface area contributed by atoms with Gasteiger partial charge in [0.25, 0.3) is 11.8 Å². The highest BCUT2D eigenvalue weighted by Gasteiger charge is 2.12. The van der Waals surface area contributed by atoms with E-state index in [1.807, 2.05) is 24.3 Å². The molecule has 0 radical (unpaired) electrons. The predicted octanol–water partition coefficient (Wildman–Crippen LogP) is 3.93. The topological polar surface area (TPSA) is 107 Å². The number of hydrogen-bond donors (Lipinski definition) is 2. The molecule has 3 aromatic rings. The van der Waals surface area contributed by atoms with Gasteiger partial charge in [0.15, 0.2) is 23.0 Å². The van der Waals surface area contributed by atoms with E-state index in [9.17, 15) is 9.59 Å². The molecule has 9 nitrogen and oxygen atoms in total. The zero-order valence-electron chi connectivity index (χ0n) is 20.0. The minimum absolute atomic E-state index is 0.253. The summed E-state index contributed by atoms with van der Waals surface area (Å²) in [5, 5.41) is 6.47. The third-order valence-electron chi connectivity index (χ3n) is 4.95. The van der Waals surface area contributed by atoms with E-state index < -0.39 is 11.8 Å². The first-order valence-electron chi connectivity index (χ1n) is 10.8. The van der Waals surface area contributed by atoms with E-state index in [1.54, 1.807) is 37.4 Å². The van der Waals surface area contributed by atoms with E-state index in [4.69, 9.17) is 18.9 Å². The first-order chi connectivity index (χ1) is 17.4. The second-order valence-electron chi connectivity index (χ2n) is 7.37. The van der Waals surface area contributed by atoms with Crippen LogP contribution in [0.15, 0.2) is 70.2 Å². The molecule has 0 unspecified atom stereocenters. The second kappa shape index (κ2) is 13.1. The number of hydrogen-bond acceptors (Lipinski definition) is 7. The zero-order chi connectivity index (χ0) is 25.9. The summed E-state index contributed by atoms with van der Waals surface area (Å²) in [6.45, 7) is 0.138. The normalized spacial score (nSPS) is 10.6. The molecule has 0 saturated carbocycles. The molecule has 0 aliphatic heterocycles. The van der Waals surface area contributed by atoms with Crippen molar-refractivity contribution >= 4 is 34.0 Å². The fourth-order valence-corrected chi connectivity index (χ4v) is 3.35. The maximum absolute atomic E-state index is 12.3. The summed E-state index contributed by atoms with van der Waals surface area (Å²) in [6, 6.07) is 17.9. The Labute approximate surface area is 217 Å². The number of methoxy groups -OCH3 is 3. The van der Waals surface area contributed by atoms with Crippen molar-refractivity contribution in [2.24, 2.45) is 5.10 Å². The monoisotopic (exact) mass is 555 g/mol. The SMILES string of the molecule is COc1ccc(C(=O)NCC(=O)NN=Cc2ccc(OCc3ccc(Br)cc3)c(OC)c2)cc1OC. The van der Waals surface area contributed by atoms with Crippen LogP contribution in [0.1, 0.15) is 21.5 Å². The average molecular weight is 556 g/mol. The van der Waals surface area contributed by atoms with Crippen LogP contribution in [0.2, 0.25) is 0 Å². The minimum atomic E-state index is -0.485. The lowest BCUT2D eigenvalue weighted by molar-refractivity contribution is -0.120. The molecule has 0 aliphatic carbocycles. The van der Waals surface area contributed by atoms with Crippen LogP contribution in [0.25, 0.3) is 0 Å². The maximum Gasteiger partial charge on any atom is 0.259 e. The Morgan fingerprint density at radius 2 is 1.53 bits per heavy atom. The number of amides is 2. The highest BCUT2D eigenvalue weighted by Crippen LogP contribution is 2.29. The molecule has 2 N–H and O–H groups in total.